The maximum atomic E-state index is 13.4. The Labute approximate surface area is 723 Å². The molecule has 6 heterocycles. The number of carbonyl (C=O) groups excluding carboxylic acids is 4. The Kier molecular flexibility index (Phi) is 33.8. The molecule has 0 aliphatic carbocycles. The van der Waals surface area contributed by atoms with E-state index >= 15 is 0 Å². The number of hydrogen-bond acceptors (Lipinski definition) is 23. The summed E-state index contributed by atoms with van der Waals surface area (Å²) in [6.45, 7) is 53.5. The van der Waals surface area contributed by atoms with Crippen LogP contribution >= 0.6 is 22.6 Å². The van der Waals surface area contributed by atoms with Crippen LogP contribution in [0.4, 0.5) is 56.4 Å². The zero-order chi connectivity index (χ0) is 91.6. The van der Waals surface area contributed by atoms with Gasteiger partial charge in [-0.2, -0.15) is 28.1 Å². The first-order valence-corrected chi connectivity index (χ1v) is 50.3. The Hall–Kier alpha value is -8.15. The van der Waals surface area contributed by atoms with Crippen molar-refractivity contribution in [1.82, 2.24) is 28.7 Å². The van der Waals surface area contributed by atoms with E-state index in [4.69, 9.17) is 41.7 Å². The zero-order valence-corrected chi connectivity index (χ0v) is 80.0. The van der Waals surface area contributed by atoms with Gasteiger partial charge >= 0.3 is 41.5 Å². The number of Topliss-reactive ketones (excluding diaryl/α,β-unsaturated/α-hetero) is 1. The number of aromatic nitrogens is 6. The van der Waals surface area contributed by atoms with Crippen molar-refractivity contribution in [3.63, 3.8) is 0 Å². The number of hydrogen-bond donors (Lipinski definition) is 1. The number of nitro benzene ring substituents is 2. The summed E-state index contributed by atoms with van der Waals surface area (Å²) in [5.74, 6) is 3.08. The summed E-state index contributed by atoms with van der Waals surface area (Å²) in [6.07, 6.45) is -2.88. The van der Waals surface area contributed by atoms with Crippen molar-refractivity contribution in [2.45, 2.75) is 343 Å². The highest BCUT2D eigenvalue weighted by Crippen LogP contribution is 2.45. The van der Waals surface area contributed by atoms with E-state index in [1.807, 2.05) is 36.4 Å². The van der Waals surface area contributed by atoms with Gasteiger partial charge in [0.15, 0.2) is 25.0 Å². The molecule has 0 unspecified atom stereocenters. The van der Waals surface area contributed by atoms with Crippen molar-refractivity contribution in [3.05, 3.63) is 145 Å². The molecule has 3 aliphatic heterocycles. The summed E-state index contributed by atoms with van der Waals surface area (Å²) < 4.78 is 97.1. The van der Waals surface area contributed by atoms with Crippen LogP contribution in [0.2, 0.25) is 54.4 Å². The molecule has 0 saturated carbocycles. The third-order valence-corrected chi connectivity index (χ3v) is 35.7. The summed E-state index contributed by atoms with van der Waals surface area (Å²) in [5, 5.41) is 26.4. The highest BCUT2D eigenvalue weighted by Gasteiger charge is 2.49. The average Bonchev–Trinajstić information content (AvgIpc) is 1.39. The van der Waals surface area contributed by atoms with Crippen LogP contribution in [0.3, 0.4) is 0 Å². The molecule has 670 valence electrons. The molecule has 3 aliphatic rings. The van der Waals surface area contributed by atoms with Crippen molar-refractivity contribution >= 4 is 100 Å². The van der Waals surface area contributed by atoms with E-state index in [1.54, 1.807) is 86.7 Å². The second-order valence-corrected chi connectivity index (χ2v) is 53.2. The van der Waals surface area contributed by atoms with Crippen LogP contribution < -0.4 is 32.2 Å². The number of amides is 3. The standard InChI is InChI=1S/C34H45F3N4O8Si.C28H41IN4O7Si.C21H37N3O5Si/c1-10-25-26(49-50(8,9)33(5,6)7)20-29(47-25)39-18-17-28(38-30(39)43)40(31(44)48-32(2,3)4)21-23-16-15-22(19-24(23)41(45)46)13-11-12-14-27(42)34(35,36)37;1-10-21-22(40-41(8,9)28(5,6)7)16-24(38-21)31-14-13-23(30-25(31)34)32(26(35)39-27(2,3)4)17-18-11-12-19(29)15-20(18)33(36)37;1-10-14-15(29-30(8,9)21(5,6)7)13-17(27-14)24-12-11-16(22-18(24)25)23-19(26)28-20(2,3)4/h15-19,25-26,29H,10,12,14,20-21H2,1-9H3;11-15,21-22,24H,10,16-17H2,1-9H3;11-12,14-15,17H,10,13H2,1-9H3,(H,22,23,25,26)/t25-,26-,29-;21-,22-,24-;14-,15-,17-/m111/s1. The molecular formula is C83H123F3IN11O20Si3. The zero-order valence-electron chi connectivity index (χ0n) is 74.8. The predicted octanol–water partition coefficient (Wildman–Crippen LogP) is 18.9. The molecule has 5 aromatic rings. The second kappa shape index (κ2) is 40.2. The lowest BCUT2D eigenvalue weighted by molar-refractivity contribution is -0.385. The van der Waals surface area contributed by atoms with Crippen LogP contribution in [0.25, 0.3) is 0 Å². The lowest BCUT2D eigenvalue weighted by Crippen LogP contribution is -2.45. The highest BCUT2D eigenvalue weighted by atomic mass is 127. The fourth-order valence-corrected chi connectivity index (χ4v) is 16.7. The lowest BCUT2D eigenvalue weighted by Gasteiger charge is -2.39. The van der Waals surface area contributed by atoms with E-state index in [-0.39, 0.29) is 98.1 Å². The van der Waals surface area contributed by atoms with E-state index in [9.17, 15) is 67.0 Å². The molecule has 3 fully saturated rings. The van der Waals surface area contributed by atoms with Gasteiger partial charge in [-0.15, -0.1) is 0 Å². The molecule has 1 N–H and O–H groups in total. The number of ketones is 1. The maximum absolute atomic E-state index is 13.4. The van der Waals surface area contributed by atoms with Crippen molar-refractivity contribution < 1.29 is 83.9 Å². The van der Waals surface area contributed by atoms with E-state index < -0.39 is 143 Å². The summed E-state index contributed by atoms with van der Waals surface area (Å²) in [6, 6.07) is 13.1. The van der Waals surface area contributed by atoms with Crippen molar-refractivity contribution in [1.29, 1.82) is 0 Å². The maximum Gasteiger partial charge on any atom is 0.450 e. The number of nitrogens with one attached hydrogen (secondary N) is 1. The van der Waals surface area contributed by atoms with Gasteiger partial charge < -0.3 is 41.7 Å². The van der Waals surface area contributed by atoms with Crippen molar-refractivity contribution in [2.75, 3.05) is 15.1 Å². The molecule has 0 bridgehead atoms. The smallest absolute Gasteiger partial charge is 0.444 e. The monoisotopic (exact) mass is 1860 g/mol. The summed E-state index contributed by atoms with van der Waals surface area (Å²) in [5.41, 5.74) is -4.40. The first kappa shape index (κ1) is 102. The topological polar surface area (TPSA) is 361 Å². The van der Waals surface area contributed by atoms with Gasteiger partial charge in [0.05, 0.1) is 59.6 Å². The Balaban J connectivity index is 0.000000290. The largest absolute Gasteiger partial charge is 0.450 e. The molecule has 8 rings (SSSR count). The van der Waals surface area contributed by atoms with Crippen LogP contribution in [0.1, 0.15) is 232 Å². The van der Waals surface area contributed by atoms with Gasteiger partial charge in [0.25, 0.3) is 11.4 Å². The number of nitrogens with zero attached hydrogens (tertiary/aromatic N) is 10. The number of anilines is 3. The van der Waals surface area contributed by atoms with Gasteiger partial charge in [-0.1, -0.05) is 94.9 Å². The van der Waals surface area contributed by atoms with Crippen LogP contribution in [-0.4, -0.2) is 147 Å². The molecule has 0 spiro atoms. The normalized spacial score (nSPS) is 19.9. The van der Waals surface area contributed by atoms with Crippen molar-refractivity contribution in [2.24, 2.45) is 0 Å². The average molecular weight is 1860 g/mol. The molecule has 9 atom stereocenters. The van der Waals surface area contributed by atoms with E-state index in [1.165, 1.54) is 56.4 Å². The van der Waals surface area contributed by atoms with Gasteiger partial charge in [-0.05, 0) is 201 Å². The Morgan fingerprint density at radius 1 is 0.537 bits per heavy atom. The number of ether oxygens (including phenoxy) is 6. The number of benzene rings is 2. The van der Waals surface area contributed by atoms with Gasteiger partial charge in [-0.25, -0.2) is 28.8 Å². The molecule has 3 amide bonds. The lowest BCUT2D eigenvalue weighted by atomic mass is 10.1. The Bertz CT molecular complexity index is 4760. The summed E-state index contributed by atoms with van der Waals surface area (Å²) in [7, 11) is -6.18. The minimum Gasteiger partial charge on any atom is -0.444 e. The van der Waals surface area contributed by atoms with E-state index in [0.29, 0.717) is 29.3 Å². The van der Waals surface area contributed by atoms with Gasteiger partial charge in [0.1, 0.15) is 52.9 Å². The summed E-state index contributed by atoms with van der Waals surface area (Å²) >= 11 is 1.99. The second-order valence-electron chi connectivity index (χ2n) is 37.6. The molecule has 3 aromatic heterocycles. The third-order valence-electron chi connectivity index (χ3n) is 21.5. The van der Waals surface area contributed by atoms with E-state index in [0.717, 1.165) is 28.7 Å². The summed E-state index contributed by atoms with van der Waals surface area (Å²) in [4.78, 5) is 126. The van der Waals surface area contributed by atoms with Gasteiger partial charge in [0.2, 0.25) is 5.78 Å². The number of nitro groups is 2. The highest BCUT2D eigenvalue weighted by molar-refractivity contribution is 14.1. The molecule has 121 heavy (non-hydrogen) atoms. The minimum absolute atomic E-state index is 0.0208. The van der Waals surface area contributed by atoms with Crippen LogP contribution in [0.5, 0.6) is 0 Å². The fourth-order valence-electron chi connectivity index (χ4n) is 12.1. The van der Waals surface area contributed by atoms with Crippen LogP contribution in [-0.2, 0) is 59.6 Å². The SMILES string of the molecule is CC[C@H]1O[C@@H](n2ccc(N(Cc3ccc(C#CCCC(=O)C(F)(F)F)cc3[N+](=O)[O-])C(=O)OC(C)(C)C)nc2=O)C[C@H]1O[Si](C)(C)C(C)(C)C.CC[C@H]1O[C@@H](n2ccc(N(Cc3ccc(I)cc3[N+](=O)[O-])C(=O)OC(C)(C)C)nc2=O)C[C@H]1O[Si](C)(C)C(C)(C)C.CC[C@H]1O[C@@H](n2ccc(NC(=O)OC(C)(C)C)nc2=O)C[C@H]1O[Si](C)(C)C(C)(C)C. The quantitative estimate of drug-likeness (QED) is 0.0158. The van der Waals surface area contributed by atoms with E-state index in [2.05, 4.69) is 141 Å². The molecule has 3 saturated heterocycles. The first-order chi connectivity index (χ1) is 55.4. The first-order valence-electron chi connectivity index (χ1n) is 40.5. The number of alkyl halides is 3. The molecule has 38 heteroatoms. The van der Waals surface area contributed by atoms with Gasteiger partial charge in [0, 0.05) is 83.1 Å². The third kappa shape index (κ3) is 28.7. The Morgan fingerprint density at radius 2 is 0.884 bits per heavy atom. The minimum atomic E-state index is -4.96. The Morgan fingerprint density at radius 3 is 1.21 bits per heavy atom. The number of halogens is 4. The number of rotatable bonds is 23. The fraction of sp³-hybridized carbons (Fsp3) is 0.639. The van der Waals surface area contributed by atoms with Gasteiger partial charge in [-0.3, -0.25) is 53.8 Å². The predicted molar refractivity (Wildman–Crippen MR) is 469 cm³/mol. The molecule has 31 nitrogen and oxygen atoms in total. The molecule has 0 radical (unpaired) electrons. The molecular weight excluding hydrogens is 1740 g/mol. The molecule has 2 aromatic carbocycles. The number of carbonyl (C=O) groups is 4. The van der Waals surface area contributed by atoms with Crippen LogP contribution in [0.15, 0.2) is 87.6 Å². The van der Waals surface area contributed by atoms with Crippen molar-refractivity contribution in [3.8, 4) is 11.8 Å². The van der Waals surface area contributed by atoms with Crippen LogP contribution in [0, 0.1) is 35.6 Å².